The maximum Gasteiger partial charge on any atom is -0.0355 e. The van der Waals surface area contributed by atoms with Gasteiger partial charge in [-0.1, -0.05) is 101 Å². The Balaban J connectivity index is 5.05. The summed E-state index contributed by atoms with van der Waals surface area (Å²) in [6.07, 6.45) is 8.23. The molecule has 0 saturated carbocycles. The van der Waals surface area contributed by atoms with Crippen LogP contribution in [0.15, 0.2) is 0 Å². The molecule has 0 aromatic heterocycles. The van der Waals surface area contributed by atoms with E-state index in [1.807, 2.05) is 0 Å². The summed E-state index contributed by atoms with van der Waals surface area (Å²) in [5.74, 6) is 6.07. The standard InChI is InChI=1S/C22H46/c1-10-13-17(6)18(7)19(8)20(9)22(15-12-3)21(14-11-2)16(4)5/h16-22H,10-15H2,1-9H3. The second-order valence-electron chi connectivity index (χ2n) is 8.49. The highest BCUT2D eigenvalue weighted by Gasteiger charge is 2.33. The van der Waals surface area contributed by atoms with Gasteiger partial charge in [-0.25, -0.2) is 0 Å². The highest BCUT2D eigenvalue weighted by Crippen LogP contribution is 2.41. The van der Waals surface area contributed by atoms with Crippen LogP contribution in [0.3, 0.4) is 0 Å². The van der Waals surface area contributed by atoms with Crippen LogP contribution < -0.4 is 0 Å². The second-order valence-corrected chi connectivity index (χ2v) is 8.49. The SMILES string of the molecule is CCCC(C)C(C)C(C)C(C)C(CCC)C(CCC)C(C)C. The predicted octanol–water partition coefficient (Wildman–Crippen LogP) is 7.82. The summed E-state index contributed by atoms with van der Waals surface area (Å²) in [5.41, 5.74) is 0. The molecule has 0 fully saturated rings. The molecule has 0 aromatic carbocycles. The molecule has 0 aliphatic heterocycles. The molecule has 0 nitrogen and oxygen atoms in total. The lowest BCUT2D eigenvalue weighted by molar-refractivity contribution is 0.0883. The molecule has 0 amide bonds. The largest absolute Gasteiger partial charge is 0.0654 e. The fourth-order valence-corrected chi connectivity index (χ4v) is 4.68. The van der Waals surface area contributed by atoms with Crippen molar-refractivity contribution in [2.24, 2.45) is 41.4 Å². The third kappa shape index (κ3) is 6.63. The molecule has 0 aromatic rings. The molecule has 0 aliphatic rings. The first-order valence-electron chi connectivity index (χ1n) is 10.3. The summed E-state index contributed by atoms with van der Waals surface area (Å²) in [5, 5.41) is 0. The van der Waals surface area contributed by atoms with Gasteiger partial charge in [0.1, 0.15) is 0 Å². The number of hydrogen-bond acceptors (Lipinski definition) is 0. The molecule has 0 bridgehead atoms. The topological polar surface area (TPSA) is 0 Å². The summed E-state index contributed by atoms with van der Waals surface area (Å²) in [4.78, 5) is 0. The van der Waals surface area contributed by atoms with Gasteiger partial charge in [-0.3, -0.25) is 0 Å². The first-order valence-corrected chi connectivity index (χ1v) is 10.3. The van der Waals surface area contributed by atoms with E-state index < -0.39 is 0 Å². The van der Waals surface area contributed by atoms with E-state index in [0.29, 0.717) is 0 Å². The smallest absolute Gasteiger partial charge is 0.0355 e. The van der Waals surface area contributed by atoms with Crippen molar-refractivity contribution in [2.75, 3.05) is 0 Å². The van der Waals surface area contributed by atoms with Crippen molar-refractivity contribution < 1.29 is 0 Å². The van der Waals surface area contributed by atoms with E-state index in [2.05, 4.69) is 62.3 Å². The molecular weight excluding hydrogens is 264 g/mol. The maximum atomic E-state index is 2.56. The first kappa shape index (κ1) is 22.0. The van der Waals surface area contributed by atoms with Gasteiger partial charge in [-0.2, -0.15) is 0 Å². The molecule has 134 valence electrons. The molecule has 0 N–H and O–H groups in total. The minimum Gasteiger partial charge on any atom is -0.0654 e. The van der Waals surface area contributed by atoms with Crippen LogP contribution in [0.5, 0.6) is 0 Å². The van der Waals surface area contributed by atoms with Gasteiger partial charge in [-0.15, -0.1) is 0 Å². The van der Waals surface area contributed by atoms with Crippen molar-refractivity contribution >= 4 is 0 Å². The van der Waals surface area contributed by atoms with Gasteiger partial charge in [0.2, 0.25) is 0 Å². The van der Waals surface area contributed by atoms with Crippen LogP contribution in [0, 0.1) is 41.4 Å². The molecule has 0 aliphatic carbocycles. The predicted molar refractivity (Wildman–Crippen MR) is 103 cm³/mol. The Labute approximate surface area is 142 Å². The van der Waals surface area contributed by atoms with Gasteiger partial charge in [0.15, 0.2) is 0 Å². The fourth-order valence-electron chi connectivity index (χ4n) is 4.68. The van der Waals surface area contributed by atoms with E-state index in [-0.39, 0.29) is 0 Å². The Morgan fingerprint density at radius 1 is 0.500 bits per heavy atom. The summed E-state index contributed by atoms with van der Waals surface area (Å²) in [7, 11) is 0. The average Bonchev–Trinajstić information content (AvgIpc) is 2.48. The Morgan fingerprint density at radius 2 is 0.955 bits per heavy atom. The van der Waals surface area contributed by atoms with Crippen LogP contribution in [0.1, 0.15) is 101 Å². The van der Waals surface area contributed by atoms with Crippen LogP contribution in [0.25, 0.3) is 0 Å². The van der Waals surface area contributed by atoms with E-state index in [1.165, 1.54) is 38.5 Å². The lowest BCUT2D eigenvalue weighted by atomic mass is 9.65. The van der Waals surface area contributed by atoms with Crippen molar-refractivity contribution in [1.29, 1.82) is 0 Å². The van der Waals surface area contributed by atoms with Gasteiger partial charge in [0.25, 0.3) is 0 Å². The van der Waals surface area contributed by atoms with Gasteiger partial charge >= 0.3 is 0 Å². The highest BCUT2D eigenvalue weighted by molar-refractivity contribution is 4.82. The van der Waals surface area contributed by atoms with E-state index in [9.17, 15) is 0 Å². The molecule has 0 heterocycles. The maximum absolute atomic E-state index is 2.56. The molecule has 6 unspecified atom stereocenters. The highest BCUT2D eigenvalue weighted by atomic mass is 14.4. The van der Waals surface area contributed by atoms with E-state index >= 15 is 0 Å². The Bertz CT molecular complexity index is 255. The Kier molecular flexibility index (Phi) is 11.5. The monoisotopic (exact) mass is 310 g/mol. The lowest BCUT2D eigenvalue weighted by Crippen LogP contribution is -2.33. The van der Waals surface area contributed by atoms with Gasteiger partial charge in [0, 0.05) is 0 Å². The van der Waals surface area contributed by atoms with Crippen LogP contribution in [0.4, 0.5) is 0 Å². The fraction of sp³-hybridized carbons (Fsp3) is 1.00. The third-order valence-corrected chi connectivity index (χ3v) is 6.63. The minimum atomic E-state index is 0.828. The molecule has 0 saturated heterocycles. The summed E-state index contributed by atoms with van der Waals surface area (Å²) in [6.45, 7) is 22.0. The van der Waals surface area contributed by atoms with Gasteiger partial charge in [0.05, 0.1) is 0 Å². The molecule has 6 atom stereocenters. The molecule has 0 radical (unpaired) electrons. The van der Waals surface area contributed by atoms with Gasteiger partial charge < -0.3 is 0 Å². The van der Waals surface area contributed by atoms with Crippen molar-refractivity contribution in [1.82, 2.24) is 0 Å². The summed E-state index contributed by atoms with van der Waals surface area (Å²) in [6, 6.07) is 0. The molecule has 0 rings (SSSR count). The summed E-state index contributed by atoms with van der Waals surface area (Å²) < 4.78 is 0. The molecule has 0 heteroatoms. The minimum absolute atomic E-state index is 0.828. The summed E-state index contributed by atoms with van der Waals surface area (Å²) >= 11 is 0. The lowest BCUT2D eigenvalue weighted by Gasteiger charge is -2.40. The Morgan fingerprint density at radius 3 is 1.36 bits per heavy atom. The van der Waals surface area contributed by atoms with Crippen LogP contribution in [0.2, 0.25) is 0 Å². The van der Waals surface area contributed by atoms with Crippen molar-refractivity contribution in [3.05, 3.63) is 0 Å². The van der Waals surface area contributed by atoms with Gasteiger partial charge in [-0.05, 0) is 41.4 Å². The van der Waals surface area contributed by atoms with E-state index in [0.717, 1.165) is 41.4 Å². The zero-order chi connectivity index (χ0) is 17.3. The molecule has 22 heavy (non-hydrogen) atoms. The number of rotatable bonds is 12. The van der Waals surface area contributed by atoms with E-state index in [4.69, 9.17) is 0 Å². The molecular formula is C22H46. The third-order valence-electron chi connectivity index (χ3n) is 6.63. The second kappa shape index (κ2) is 11.5. The quantitative estimate of drug-likeness (QED) is 0.344. The zero-order valence-corrected chi connectivity index (χ0v) is 17.3. The van der Waals surface area contributed by atoms with Crippen LogP contribution >= 0.6 is 0 Å². The average molecular weight is 311 g/mol. The van der Waals surface area contributed by atoms with Crippen LogP contribution in [-0.2, 0) is 0 Å². The van der Waals surface area contributed by atoms with Crippen molar-refractivity contribution in [3.8, 4) is 0 Å². The van der Waals surface area contributed by atoms with Crippen molar-refractivity contribution in [2.45, 2.75) is 101 Å². The number of hydrogen-bond donors (Lipinski definition) is 0. The Hall–Kier alpha value is 0. The van der Waals surface area contributed by atoms with Crippen LogP contribution in [-0.4, -0.2) is 0 Å². The zero-order valence-electron chi connectivity index (χ0n) is 17.3. The van der Waals surface area contributed by atoms with Crippen molar-refractivity contribution in [3.63, 3.8) is 0 Å². The van der Waals surface area contributed by atoms with E-state index in [1.54, 1.807) is 0 Å². The normalized spacial score (nSPS) is 20.5. The first-order chi connectivity index (χ1) is 10.3. The molecule has 0 spiro atoms.